The Balaban J connectivity index is 2.05. The number of methoxy groups -OCH3 is 1. The van der Waals surface area contributed by atoms with Crippen molar-refractivity contribution in [2.75, 3.05) is 25.2 Å². The van der Waals surface area contributed by atoms with E-state index in [0.29, 0.717) is 17.9 Å². The van der Waals surface area contributed by atoms with E-state index in [4.69, 9.17) is 4.74 Å². The van der Waals surface area contributed by atoms with Gasteiger partial charge in [-0.15, -0.1) is 0 Å². The first-order valence-corrected chi connectivity index (χ1v) is 8.66. The maximum absolute atomic E-state index is 11.4. The van der Waals surface area contributed by atoms with Crippen LogP contribution in [0.25, 0.3) is 0 Å². The summed E-state index contributed by atoms with van der Waals surface area (Å²) in [4.78, 5) is 0.237. The van der Waals surface area contributed by atoms with E-state index in [1.165, 1.54) is 12.1 Å². The van der Waals surface area contributed by atoms with Gasteiger partial charge in [0.05, 0.1) is 23.8 Å². The third-order valence-corrected chi connectivity index (χ3v) is 4.41. The Kier molecular flexibility index (Phi) is 5.05. The molecule has 0 radical (unpaired) electrons. The molecule has 1 atom stereocenters. The highest BCUT2D eigenvalue weighted by atomic mass is 32.2. The Labute approximate surface area is 130 Å². The molecule has 0 saturated heterocycles. The minimum absolute atomic E-state index is 0.237. The third kappa shape index (κ3) is 3.99. The molecular formula is C16H19NO4S. The average Bonchev–Trinajstić information content (AvgIpc) is 2.52. The summed E-state index contributed by atoms with van der Waals surface area (Å²) in [5, 5.41) is 13.3. The molecule has 118 valence electrons. The van der Waals surface area contributed by atoms with Gasteiger partial charge in [-0.2, -0.15) is 0 Å². The van der Waals surface area contributed by atoms with Gasteiger partial charge < -0.3 is 15.2 Å². The summed E-state index contributed by atoms with van der Waals surface area (Å²) in [7, 11) is -1.64. The number of aliphatic hydroxyl groups excluding tert-OH is 1. The Hall–Kier alpha value is -2.05. The van der Waals surface area contributed by atoms with Crippen LogP contribution in [0, 0.1) is 0 Å². The van der Waals surface area contributed by atoms with Gasteiger partial charge in [0, 0.05) is 12.8 Å². The Morgan fingerprint density at radius 2 is 1.77 bits per heavy atom. The summed E-state index contributed by atoms with van der Waals surface area (Å²) >= 11 is 0. The molecule has 0 amide bonds. The molecule has 2 rings (SSSR count). The van der Waals surface area contributed by atoms with Crippen LogP contribution in [0.4, 0.5) is 5.69 Å². The predicted octanol–water partition coefficient (Wildman–Crippen LogP) is 2.24. The lowest BCUT2D eigenvalue weighted by atomic mass is 10.1. The van der Waals surface area contributed by atoms with Gasteiger partial charge in [0.25, 0.3) is 0 Å². The number of hydrogen-bond donors (Lipinski definition) is 2. The molecule has 0 aliphatic rings. The summed E-state index contributed by atoms with van der Waals surface area (Å²) in [6.45, 7) is 0.290. The Bertz CT molecular complexity index is 726. The fourth-order valence-corrected chi connectivity index (χ4v) is 2.68. The van der Waals surface area contributed by atoms with Gasteiger partial charge in [-0.1, -0.05) is 24.3 Å². The van der Waals surface area contributed by atoms with Crippen LogP contribution >= 0.6 is 0 Å². The normalized spacial score (nSPS) is 12.7. The Morgan fingerprint density at radius 1 is 1.14 bits per heavy atom. The molecule has 0 aliphatic heterocycles. The zero-order valence-electron chi connectivity index (χ0n) is 12.5. The highest BCUT2D eigenvalue weighted by Gasteiger charge is 2.11. The van der Waals surface area contributed by atoms with Crippen LogP contribution in [0.5, 0.6) is 5.75 Å². The second kappa shape index (κ2) is 6.81. The third-order valence-electron chi connectivity index (χ3n) is 3.29. The highest BCUT2D eigenvalue weighted by molar-refractivity contribution is 7.90. The number of anilines is 1. The van der Waals surface area contributed by atoms with Crippen LogP contribution in [0.1, 0.15) is 11.7 Å². The number of para-hydroxylation sites is 2. The van der Waals surface area contributed by atoms with Crippen molar-refractivity contribution in [1.29, 1.82) is 0 Å². The number of nitrogens with one attached hydrogen (secondary N) is 1. The SMILES string of the molecule is COc1ccccc1NC[C@@H](O)c1ccc(S(C)(=O)=O)cc1. The van der Waals surface area contributed by atoms with Gasteiger partial charge in [-0.25, -0.2) is 8.42 Å². The monoisotopic (exact) mass is 321 g/mol. The van der Waals surface area contributed by atoms with Crippen LogP contribution in [0.2, 0.25) is 0 Å². The van der Waals surface area contributed by atoms with Gasteiger partial charge in [0.2, 0.25) is 0 Å². The van der Waals surface area contributed by atoms with E-state index >= 15 is 0 Å². The number of sulfone groups is 1. The van der Waals surface area contributed by atoms with E-state index < -0.39 is 15.9 Å². The predicted molar refractivity (Wildman–Crippen MR) is 86.0 cm³/mol. The van der Waals surface area contributed by atoms with Crippen LogP contribution < -0.4 is 10.1 Å². The van der Waals surface area contributed by atoms with Crippen LogP contribution in [0.15, 0.2) is 53.4 Å². The highest BCUT2D eigenvalue weighted by Crippen LogP contribution is 2.24. The number of benzene rings is 2. The zero-order chi connectivity index (χ0) is 16.2. The molecular weight excluding hydrogens is 302 g/mol. The lowest BCUT2D eigenvalue weighted by Crippen LogP contribution is -2.12. The van der Waals surface area contributed by atoms with Crippen LogP contribution in [-0.2, 0) is 9.84 Å². The minimum atomic E-state index is -3.22. The topological polar surface area (TPSA) is 75.6 Å². The van der Waals surface area contributed by atoms with Gasteiger partial charge >= 0.3 is 0 Å². The van der Waals surface area contributed by atoms with Gasteiger partial charge in [0.1, 0.15) is 5.75 Å². The van der Waals surface area contributed by atoms with Gasteiger partial charge in [0.15, 0.2) is 9.84 Å². The Morgan fingerprint density at radius 3 is 2.36 bits per heavy atom. The minimum Gasteiger partial charge on any atom is -0.495 e. The largest absolute Gasteiger partial charge is 0.495 e. The lowest BCUT2D eigenvalue weighted by Gasteiger charge is -2.15. The van der Waals surface area contributed by atoms with Crippen molar-refractivity contribution in [2.24, 2.45) is 0 Å². The number of rotatable bonds is 6. The molecule has 5 nitrogen and oxygen atoms in total. The average molecular weight is 321 g/mol. The van der Waals surface area contributed by atoms with E-state index in [1.54, 1.807) is 19.2 Å². The van der Waals surface area contributed by atoms with Gasteiger partial charge in [-0.3, -0.25) is 0 Å². The molecule has 0 aromatic heterocycles. The summed E-state index contributed by atoms with van der Waals surface area (Å²) in [5.74, 6) is 0.696. The fraction of sp³-hybridized carbons (Fsp3) is 0.250. The summed E-state index contributed by atoms with van der Waals surface area (Å²) in [5.41, 5.74) is 1.44. The molecule has 0 saturated carbocycles. The van der Waals surface area contributed by atoms with Crippen molar-refractivity contribution in [3.05, 3.63) is 54.1 Å². The summed E-state index contributed by atoms with van der Waals surface area (Å²) in [6, 6.07) is 13.7. The van der Waals surface area contributed by atoms with Crippen molar-refractivity contribution in [3.63, 3.8) is 0 Å². The maximum atomic E-state index is 11.4. The second-order valence-electron chi connectivity index (χ2n) is 4.94. The van der Waals surface area contributed by atoms with E-state index in [9.17, 15) is 13.5 Å². The molecule has 0 unspecified atom stereocenters. The van der Waals surface area contributed by atoms with E-state index in [0.717, 1.165) is 11.9 Å². The number of aliphatic hydroxyl groups is 1. The van der Waals surface area contributed by atoms with Crippen LogP contribution in [-0.4, -0.2) is 33.4 Å². The van der Waals surface area contributed by atoms with E-state index in [1.807, 2.05) is 24.3 Å². The standard InChI is InChI=1S/C16H19NO4S/c1-21-16-6-4-3-5-14(16)17-11-15(18)12-7-9-13(10-8-12)22(2,19)20/h3-10,15,17-18H,11H2,1-2H3/t15-/m1/s1. The van der Waals surface area contributed by atoms with E-state index in [-0.39, 0.29) is 4.90 Å². The zero-order valence-corrected chi connectivity index (χ0v) is 13.3. The molecule has 2 N–H and O–H groups in total. The number of ether oxygens (including phenoxy) is 1. The molecule has 0 spiro atoms. The lowest BCUT2D eigenvalue weighted by molar-refractivity contribution is 0.191. The first-order chi connectivity index (χ1) is 10.4. The van der Waals surface area contributed by atoms with Gasteiger partial charge in [-0.05, 0) is 29.8 Å². The quantitative estimate of drug-likeness (QED) is 0.853. The molecule has 0 bridgehead atoms. The molecule has 6 heteroatoms. The van der Waals surface area contributed by atoms with Crippen molar-refractivity contribution in [3.8, 4) is 5.75 Å². The molecule has 2 aromatic rings. The molecule has 0 heterocycles. The molecule has 2 aromatic carbocycles. The van der Waals surface area contributed by atoms with E-state index in [2.05, 4.69) is 5.32 Å². The van der Waals surface area contributed by atoms with Crippen molar-refractivity contribution >= 4 is 15.5 Å². The smallest absolute Gasteiger partial charge is 0.175 e. The first kappa shape index (κ1) is 16.3. The summed E-state index contributed by atoms with van der Waals surface area (Å²) in [6.07, 6.45) is 0.403. The molecule has 0 aliphatic carbocycles. The molecule has 0 fully saturated rings. The second-order valence-corrected chi connectivity index (χ2v) is 6.95. The fourth-order valence-electron chi connectivity index (χ4n) is 2.05. The van der Waals surface area contributed by atoms with Crippen LogP contribution in [0.3, 0.4) is 0 Å². The molecule has 22 heavy (non-hydrogen) atoms. The maximum Gasteiger partial charge on any atom is 0.175 e. The first-order valence-electron chi connectivity index (χ1n) is 6.77. The summed E-state index contributed by atoms with van der Waals surface area (Å²) < 4.78 is 28.0. The van der Waals surface area contributed by atoms with Crippen molar-refractivity contribution < 1.29 is 18.3 Å². The van der Waals surface area contributed by atoms with Crippen molar-refractivity contribution in [2.45, 2.75) is 11.0 Å². The van der Waals surface area contributed by atoms with Crippen molar-refractivity contribution in [1.82, 2.24) is 0 Å². The number of hydrogen-bond acceptors (Lipinski definition) is 5.